The molecule has 1 saturated heterocycles. The van der Waals surface area contributed by atoms with Crippen LogP contribution in [0.3, 0.4) is 0 Å². The molecule has 3 rings (SSSR count). The average Bonchev–Trinajstić information content (AvgIpc) is 3.22. The van der Waals surface area contributed by atoms with E-state index in [1.807, 2.05) is 18.2 Å². The van der Waals surface area contributed by atoms with Gasteiger partial charge in [-0.25, -0.2) is 4.79 Å². The van der Waals surface area contributed by atoms with Crippen LogP contribution in [0.15, 0.2) is 30.3 Å². The van der Waals surface area contributed by atoms with Crippen LogP contribution in [-0.2, 0) is 9.53 Å². The molecule has 25 heavy (non-hydrogen) atoms. The van der Waals surface area contributed by atoms with Gasteiger partial charge in [-0.15, -0.1) is 0 Å². The van der Waals surface area contributed by atoms with Gasteiger partial charge in [-0.3, -0.25) is 9.69 Å². The molecule has 4 atom stereocenters. The first-order valence-electron chi connectivity index (χ1n) is 8.98. The van der Waals surface area contributed by atoms with E-state index in [1.165, 1.54) is 12.7 Å². The molecular formula is C19H27N3O3. The lowest BCUT2D eigenvalue weighted by Crippen LogP contribution is -2.47. The summed E-state index contributed by atoms with van der Waals surface area (Å²) in [5, 5.41) is 6.16. The van der Waals surface area contributed by atoms with Crippen LogP contribution in [0.1, 0.15) is 37.3 Å². The van der Waals surface area contributed by atoms with Gasteiger partial charge in [0.2, 0.25) is 0 Å². The highest BCUT2D eigenvalue weighted by atomic mass is 16.5. The van der Waals surface area contributed by atoms with Crippen molar-refractivity contribution in [2.45, 2.75) is 43.8 Å². The topological polar surface area (TPSA) is 70.7 Å². The highest BCUT2D eigenvalue weighted by Gasteiger charge is 2.35. The third-order valence-corrected chi connectivity index (χ3v) is 5.41. The second-order valence-electron chi connectivity index (χ2n) is 7.08. The molecule has 0 unspecified atom stereocenters. The number of nitrogens with one attached hydrogen (secondary N) is 2. The fourth-order valence-corrected chi connectivity index (χ4v) is 4.12. The smallest absolute Gasteiger partial charge is 0.315 e. The average molecular weight is 345 g/mol. The number of hydrogen-bond acceptors (Lipinski definition) is 4. The molecule has 0 radical (unpaired) electrons. The molecule has 1 aliphatic carbocycles. The Morgan fingerprint density at radius 3 is 2.60 bits per heavy atom. The number of ether oxygens (including phenoxy) is 1. The number of carbonyl (C=O) groups excluding carboxylic acids is 2. The minimum absolute atomic E-state index is 0.0402. The Morgan fingerprint density at radius 2 is 1.88 bits per heavy atom. The summed E-state index contributed by atoms with van der Waals surface area (Å²) < 4.78 is 4.80. The summed E-state index contributed by atoms with van der Waals surface area (Å²) in [6.45, 7) is 0.957. The van der Waals surface area contributed by atoms with Crippen molar-refractivity contribution in [1.29, 1.82) is 0 Å². The first kappa shape index (κ1) is 17.7. The molecule has 0 bridgehead atoms. The van der Waals surface area contributed by atoms with Gasteiger partial charge in [-0.2, -0.15) is 0 Å². The summed E-state index contributed by atoms with van der Waals surface area (Å²) in [4.78, 5) is 26.3. The number of likely N-dealkylation sites (N-methyl/N-ethyl adjacent to an activating group) is 1. The van der Waals surface area contributed by atoms with E-state index in [0.29, 0.717) is 6.42 Å². The molecule has 2 amide bonds. The number of esters is 1. The third kappa shape index (κ3) is 4.12. The van der Waals surface area contributed by atoms with Gasteiger partial charge in [-0.05, 0) is 38.3 Å². The van der Waals surface area contributed by atoms with E-state index in [0.717, 1.165) is 25.8 Å². The van der Waals surface area contributed by atoms with Crippen molar-refractivity contribution in [2.75, 3.05) is 20.7 Å². The zero-order valence-corrected chi connectivity index (χ0v) is 14.9. The van der Waals surface area contributed by atoms with E-state index in [2.05, 4.69) is 34.7 Å². The Labute approximate surface area is 148 Å². The number of likely N-dealkylation sites (tertiary alicyclic amines) is 1. The van der Waals surface area contributed by atoms with Gasteiger partial charge in [0.1, 0.15) is 0 Å². The molecule has 1 aliphatic heterocycles. The van der Waals surface area contributed by atoms with Crippen molar-refractivity contribution in [2.24, 2.45) is 5.92 Å². The van der Waals surface area contributed by atoms with Crippen LogP contribution in [0.2, 0.25) is 0 Å². The molecule has 2 N–H and O–H groups in total. The molecule has 6 heteroatoms. The fourth-order valence-electron chi connectivity index (χ4n) is 4.12. The Kier molecular flexibility index (Phi) is 5.58. The lowest BCUT2D eigenvalue weighted by atomic mass is 10.0. The standard InChI is InChI=1S/C19H27N3O3/c1-22-11-10-16(17(22)13-6-4-3-5-7-13)21-19(24)20-15-9-8-14(12-15)18(23)25-2/h3-7,14-17H,8-12H2,1-2H3,(H2,20,21,24)/t14-,15+,16-,17-/m0/s1. The largest absolute Gasteiger partial charge is 0.469 e. The summed E-state index contributed by atoms with van der Waals surface area (Å²) in [5.41, 5.74) is 1.22. The Balaban J connectivity index is 1.55. The Morgan fingerprint density at radius 1 is 1.12 bits per heavy atom. The van der Waals surface area contributed by atoms with Gasteiger partial charge in [0.15, 0.2) is 0 Å². The molecule has 1 heterocycles. The maximum atomic E-state index is 12.4. The molecule has 1 saturated carbocycles. The molecular weight excluding hydrogens is 318 g/mol. The van der Waals surface area contributed by atoms with Gasteiger partial charge in [0, 0.05) is 12.6 Å². The van der Waals surface area contributed by atoms with Gasteiger partial charge < -0.3 is 15.4 Å². The zero-order valence-electron chi connectivity index (χ0n) is 14.9. The van der Waals surface area contributed by atoms with Crippen LogP contribution in [0.5, 0.6) is 0 Å². The summed E-state index contributed by atoms with van der Waals surface area (Å²) in [5.74, 6) is -0.267. The predicted octanol–water partition coefficient (Wildman–Crippen LogP) is 2.07. The van der Waals surface area contributed by atoms with Crippen LogP contribution in [0, 0.1) is 5.92 Å². The van der Waals surface area contributed by atoms with Crippen molar-refractivity contribution in [3.8, 4) is 0 Å². The number of rotatable bonds is 4. The SMILES string of the molecule is COC(=O)[C@H]1CC[C@@H](NC(=O)N[C@H]2CCN(C)[C@H]2c2ccccc2)C1. The normalized spacial score (nSPS) is 29.4. The third-order valence-electron chi connectivity index (χ3n) is 5.41. The summed E-state index contributed by atoms with van der Waals surface area (Å²) in [6.07, 6.45) is 3.18. The summed E-state index contributed by atoms with van der Waals surface area (Å²) in [6, 6.07) is 10.5. The highest BCUT2D eigenvalue weighted by Crippen LogP contribution is 2.31. The number of amides is 2. The second-order valence-corrected chi connectivity index (χ2v) is 7.08. The van der Waals surface area contributed by atoms with Crippen LogP contribution in [-0.4, -0.2) is 49.7 Å². The van der Waals surface area contributed by atoms with E-state index in [-0.39, 0.29) is 36.0 Å². The lowest BCUT2D eigenvalue weighted by Gasteiger charge is -2.26. The number of hydrogen-bond donors (Lipinski definition) is 2. The van der Waals surface area contributed by atoms with Crippen LogP contribution in [0.25, 0.3) is 0 Å². The lowest BCUT2D eigenvalue weighted by molar-refractivity contribution is -0.145. The zero-order chi connectivity index (χ0) is 17.8. The number of benzene rings is 1. The van der Waals surface area contributed by atoms with Crippen molar-refractivity contribution in [3.05, 3.63) is 35.9 Å². The summed E-state index contributed by atoms with van der Waals surface area (Å²) in [7, 11) is 3.51. The van der Waals surface area contributed by atoms with Crippen LogP contribution < -0.4 is 10.6 Å². The first-order chi connectivity index (χ1) is 12.1. The quantitative estimate of drug-likeness (QED) is 0.820. The maximum Gasteiger partial charge on any atom is 0.315 e. The number of nitrogens with zero attached hydrogens (tertiary/aromatic N) is 1. The molecule has 2 fully saturated rings. The summed E-state index contributed by atoms with van der Waals surface area (Å²) >= 11 is 0. The molecule has 1 aromatic carbocycles. The van der Waals surface area contributed by atoms with E-state index in [9.17, 15) is 9.59 Å². The Hall–Kier alpha value is -2.08. The second kappa shape index (κ2) is 7.87. The van der Waals surface area contributed by atoms with E-state index < -0.39 is 0 Å². The number of urea groups is 1. The van der Waals surface area contributed by atoms with Crippen molar-refractivity contribution in [3.63, 3.8) is 0 Å². The molecule has 6 nitrogen and oxygen atoms in total. The van der Waals surface area contributed by atoms with Gasteiger partial charge in [0.25, 0.3) is 0 Å². The van der Waals surface area contributed by atoms with Crippen LogP contribution in [0.4, 0.5) is 4.79 Å². The van der Waals surface area contributed by atoms with E-state index in [4.69, 9.17) is 4.74 Å². The number of carbonyl (C=O) groups is 2. The highest BCUT2D eigenvalue weighted by molar-refractivity contribution is 5.76. The predicted molar refractivity (Wildman–Crippen MR) is 95.0 cm³/mol. The minimum atomic E-state index is -0.175. The van der Waals surface area contributed by atoms with Gasteiger partial charge >= 0.3 is 12.0 Å². The first-order valence-corrected chi connectivity index (χ1v) is 8.98. The van der Waals surface area contributed by atoms with Gasteiger partial charge in [-0.1, -0.05) is 30.3 Å². The molecule has 1 aromatic rings. The van der Waals surface area contributed by atoms with Crippen molar-refractivity contribution >= 4 is 12.0 Å². The molecule has 0 spiro atoms. The minimum Gasteiger partial charge on any atom is -0.469 e. The molecule has 136 valence electrons. The number of methoxy groups -OCH3 is 1. The van der Waals surface area contributed by atoms with Crippen molar-refractivity contribution in [1.82, 2.24) is 15.5 Å². The maximum absolute atomic E-state index is 12.4. The fraction of sp³-hybridized carbons (Fsp3) is 0.579. The van der Waals surface area contributed by atoms with Gasteiger partial charge in [0.05, 0.1) is 25.1 Å². The molecule has 2 aliphatic rings. The molecule has 0 aromatic heterocycles. The van der Waals surface area contributed by atoms with E-state index >= 15 is 0 Å². The van der Waals surface area contributed by atoms with Crippen LogP contribution >= 0.6 is 0 Å². The Bertz CT molecular complexity index is 607. The van der Waals surface area contributed by atoms with E-state index in [1.54, 1.807) is 0 Å². The van der Waals surface area contributed by atoms with Crippen molar-refractivity contribution < 1.29 is 14.3 Å². The monoisotopic (exact) mass is 345 g/mol.